The van der Waals surface area contributed by atoms with Crippen molar-refractivity contribution in [2.24, 2.45) is 5.73 Å². The molecule has 0 fully saturated rings. The number of aryl methyl sites for hydroxylation is 1. The molecule has 3 N–H and O–H groups in total. The number of nitrogens with zero attached hydrogens (tertiary/aromatic N) is 2. The summed E-state index contributed by atoms with van der Waals surface area (Å²) in [6.45, 7) is 2.07. The Balaban J connectivity index is 2.25. The first kappa shape index (κ1) is 13.2. The maximum atomic E-state index is 5.53. The van der Waals surface area contributed by atoms with Crippen LogP contribution in [-0.4, -0.2) is 15.0 Å². The molecule has 0 unspecified atom stereocenters. The van der Waals surface area contributed by atoms with Gasteiger partial charge in [0, 0.05) is 15.5 Å². The number of halogens is 1. The van der Waals surface area contributed by atoms with Crippen LogP contribution in [0.15, 0.2) is 30.5 Å². The molecule has 1 aromatic carbocycles. The average Bonchev–Trinajstić information content (AvgIpc) is 2.34. The quantitative estimate of drug-likeness (QED) is 0.643. The fraction of sp³-hybridized carbons (Fsp3) is 0.0833. The number of aromatic nitrogens is 2. The van der Waals surface area contributed by atoms with Gasteiger partial charge in [-0.1, -0.05) is 18.3 Å². The van der Waals surface area contributed by atoms with Crippen molar-refractivity contribution in [3.05, 3.63) is 45.3 Å². The number of thiocarbonyl (C=S) groups is 1. The number of benzene rings is 1. The molecule has 0 spiro atoms. The van der Waals surface area contributed by atoms with Gasteiger partial charge in [-0.3, -0.25) is 0 Å². The van der Waals surface area contributed by atoms with Crippen LogP contribution in [0.1, 0.15) is 11.3 Å². The van der Waals surface area contributed by atoms with Crippen molar-refractivity contribution < 1.29 is 0 Å². The summed E-state index contributed by atoms with van der Waals surface area (Å²) in [4.78, 5) is 8.62. The summed E-state index contributed by atoms with van der Waals surface area (Å²) in [5.41, 5.74) is 8.26. The van der Waals surface area contributed by atoms with Crippen molar-refractivity contribution in [1.29, 1.82) is 0 Å². The largest absolute Gasteiger partial charge is 0.388 e. The van der Waals surface area contributed by atoms with Crippen LogP contribution in [-0.2, 0) is 0 Å². The number of hydrogen-bond acceptors (Lipinski definition) is 4. The Morgan fingerprint density at radius 3 is 2.83 bits per heavy atom. The van der Waals surface area contributed by atoms with Crippen molar-refractivity contribution in [2.75, 3.05) is 5.32 Å². The highest BCUT2D eigenvalue weighted by Crippen LogP contribution is 2.19. The molecule has 1 aromatic heterocycles. The molecule has 1 heterocycles. The molecule has 18 heavy (non-hydrogen) atoms. The Labute approximate surface area is 124 Å². The van der Waals surface area contributed by atoms with Crippen LogP contribution in [0.4, 0.5) is 11.6 Å². The Hall–Kier alpha value is -1.28. The van der Waals surface area contributed by atoms with Gasteiger partial charge < -0.3 is 11.1 Å². The standard InChI is InChI=1S/C12H11IN4S/c1-7-2-3-8(6-9(7)13)16-12-15-5-4-10(17-12)11(14)18/h2-6H,1H3,(H2,14,18)(H,15,16,17). The molecular weight excluding hydrogens is 359 g/mol. The molecule has 2 rings (SSSR count). The first-order chi connectivity index (χ1) is 8.56. The Kier molecular flexibility index (Phi) is 4.07. The molecule has 0 atom stereocenters. The van der Waals surface area contributed by atoms with Crippen LogP contribution in [0, 0.1) is 10.5 Å². The monoisotopic (exact) mass is 370 g/mol. The van der Waals surface area contributed by atoms with Crippen molar-refractivity contribution in [3.63, 3.8) is 0 Å². The molecule has 0 aliphatic heterocycles. The highest BCUT2D eigenvalue weighted by molar-refractivity contribution is 14.1. The van der Waals surface area contributed by atoms with E-state index in [4.69, 9.17) is 18.0 Å². The third-order valence-electron chi connectivity index (χ3n) is 2.34. The number of hydrogen-bond donors (Lipinski definition) is 2. The normalized spacial score (nSPS) is 10.1. The third kappa shape index (κ3) is 3.14. The predicted octanol–water partition coefficient (Wildman–Crippen LogP) is 2.77. The lowest BCUT2D eigenvalue weighted by Gasteiger charge is -2.07. The Bertz CT molecular complexity index is 600. The van der Waals surface area contributed by atoms with Crippen LogP contribution in [0.3, 0.4) is 0 Å². The molecule has 0 saturated carbocycles. The Morgan fingerprint density at radius 2 is 2.17 bits per heavy atom. The van der Waals surface area contributed by atoms with Gasteiger partial charge in [0.25, 0.3) is 0 Å². The van der Waals surface area contributed by atoms with E-state index in [9.17, 15) is 0 Å². The number of anilines is 2. The summed E-state index contributed by atoms with van der Waals surface area (Å²) < 4.78 is 1.18. The SMILES string of the molecule is Cc1ccc(Nc2nccc(C(N)=S)n2)cc1I. The minimum absolute atomic E-state index is 0.263. The van der Waals surface area contributed by atoms with Gasteiger partial charge in [-0.15, -0.1) is 0 Å². The second kappa shape index (κ2) is 5.57. The summed E-state index contributed by atoms with van der Waals surface area (Å²) in [6.07, 6.45) is 1.63. The molecule has 4 nitrogen and oxygen atoms in total. The fourth-order valence-electron chi connectivity index (χ4n) is 1.36. The van der Waals surface area contributed by atoms with Gasteiger partial charge in [0.15, 0.2) is 0 Å². The molecule has 0 bridgehead atoms. The van der Waals surface area contributed by atoms with Gasteiger partial charge in [0.2, 0.25) is 5.95 Å². The van der Waals surface area contributed by atoms with Crippen LogP contribution < -0.4 is 11.1 Å². The number of nitrogens with one attached hydrogen (secondary N) is 1. The first-order valence-corrected chi connectivity index (χ1v) is 6.71. The topological polar surface area (TPSA) is 63.8 Å². The maximum absolute atomic E-state index is 5.53. The predicted molar refractivity (Wildman–Crippen MR) is 85.1 cm³/mol. The number of rotatable bonds is 3. The minimum Gasteiger partial charge on any atom is -0.388 e. The molecule has 0 saturated heterocycles. The third-order valence-corrected chi connectivity index (χ3v) is 3.71. The Morgan fingerprint density at radius 1 is 1.39 bits per heavy atom. The molecule has 0 aliphatic rings. The first-order valence-electron chi connectivity index (χ1n) is 5.22. The molecule has 2 aromatic rings. The van der Waals surface area contributed by atoms with Crippen molar-refractivity contribution >= 4 is 51.4 Å². The van der Waals surface area contributed by atoms with E-state index in [1.807, 2.05) is 18.2 Å². The number of nitrogens with two attached hydrogens (primary N) is 1. The van der Waals surface area contributed by atoms with Gasteiger partial charge in [0.1, 0.15) is 10.7 Å². The zero-order valence-corrected chi connectivity index (χ0v) is 12.6. The summed E-state index contributed by atoms with van der Waals surface area (Å²) in [5.74, 6) is 0.486. The van der Waals surface area contributed by atoms with E-state index in [0.29, 0.717) is 11.6 Å². The molecule has 0 amide bonds. The minimum atomic E-state index is 0.263. The average molecular weight is 370 g/mol. The highest BCUT2D eigenvalue weighted by atomic mass is 127. The van der Waals surface area contributed by atoms with E-state index in [0.717, 1.165) is 5.69 Å². The van der Waals surface area contributed by atoms with E-state index in [-0.39, 0.29) is 4.99 Å². The molecule has 6 heteroatoms. The van der Waals surface area contributed by atoms with Gasteiger partial charge in [-0.25, -0.2) is 9.97 Å². The summed E-state index contributed by atoms with van der Waals surface area (Å²) in [6, 6.07) is 7.74. The van der Waals surface area contributed by atoms with Gasteiger partial charge in [-0.2, -0.15) is 0 Å². The molecular formula is C12H11IN4S. The highest BCUT2D eigenvalue weighted by Gasteiger charge is 2.03. The zero-order valence-electron chi connectivity index (χ0n) is 9.64. The molecule has 0 aliphatic carbocycles. The van der Waals surface area contributed by atoms with Crippen LogP contribution in [0.25, 0.3) is 0 Å². The van der Waals surface area contributed by atoms with E-state index >= 15 is 0 Å². The van der Waals surface area contributed by atoms with E-state index in [1.165, 1.54) is 9.13 Å². The van der Waals surface area contributed by atoms with E-state index in [1.54, 1.807) is 12.3 Å². The van der Waals surface area contributed by atoms with E-state index in [2.05, 4.69) is 44.8 Å². The van der Waals surface area contributed by atoms with E-state index < -0.39 is 0 Å². The van der Waals surface area contributed by atoms with Crippen molar-refractivity contribution in [1.82, 2.24) is 9.97 Å². The lowest BCUT2D eigenvalue weighted by Crippen LogP contribution is -2.12. The lowest BCUT2D eigenvalue weighted by atomic mass is 10.2. The molecule has 0 radical (unpaired) electrons. The molecule has 92 valence electrons. The van der Waals surface area contributed by atoms with Crippen molar-refractivity contribution in [3.8, 4) is 0 Å². The van der Waals surface area contributed by atoms with Gasteiger partial charge >= 0.3 is 0 Å². The smallest absolute Gasteiger partial charge is 0.227 e. The van der Waals surface area contributed by atoms with Crippen LogP contribution in [0.2, 0.25) is 0 Å². The van der Waals surface area contributed by atoms with Gasteiger partial charge in [0.05, 0.1) is 0 Å². The summed E-state index contributed by atoms with van der Waals surface area (Å²) >= 11 is 7.17. The second-order valence-electron chi connectivity index (χ2n) is 3.72. The van der Waals surface area contributed by atoms with Crippen LogP contribution >= 0.6 is 34.8 Å². The van der Waals surface area contributed by atoms with Crippen molar-refractivity contribution in [2.45, 2.75) is 6.92 Å². The fourth-order valence-corrected chi connectivity index (χ4v) is 1.98. The van der Waals surface area contributed by atoms with Crippen LogP contribution in [0.5, 0.6) is 0 Å². The summed E-state index contributed by atoms with van der Waals surface area (Å²) in [7, 11) is 0. The maximum Gasteiger partial charge on any atom is 0.227 e. The summed E-state index contributed by atoms with van der Waals surface area (Å²) in [5, 5.41) is 3.13. The zero-order chi connectivity index (χ0) is 13.1. The lowest BCUT2D eigenvalue weighted by molar-refractivity contribution is 1.15. The second-order valence-corrected chi connectivity index (χ2v) is 5.32. The van der Waals surface area contributed by atoms with Gasteiger partial charge in [-0.05, 0) is 53.3 Å².